The van der Waals surface area contributed by atoms with Gasteiger partial charge in [0.05, 0.1) is 9.95 Å². The van der Waals surface area contributed by atoms with Gasteiger partial charge < -0.3 is 20.3 Å². The Morgan fingerprint density at radius 2 is 1.90 bits per heavy atom. The van der Waals surface area contributed by atoms with Crippen LogP contribution in [0.5, 0.6) is 5.75 Å². The van der Waals surface area contributed by atoms with Gasteiger partial charge in [0.15, 0.2) is 0 Å². The smallest absolute Gasteiger partial charge is 0.407 e. The summed E-state index contributed by atoms with van der Waals surface area (Å²) in [5, 5.41) is 32.2. The van der Waals surface area contributed by atoms with Gasteiger partial charge in [0.25, 0.3) is 0 Å². The highest BCUT2D eigenvalue weighted by atomic mass is 35.5. The molecule has 1 aromatic carbocycles. The Kier molecular flexibility index (Phi) is 9.02. The SMILES string of the molecule is CC(C)(C)OC(=O)NCCCC[C@H](NS(=O)(=O)c1c(Cl)ccc([N+](=O)[O-])c1O)C(=O)O. The minimum Gasteiger partial charge on any atom is -0.501 e. The van der Waals surface area contributed by atoms with E-state index in [2.05, 4.69) is 5.32 Å². The number of sulfonamides is 1. The molecule has 14 heteroatoms. The zero-order valence-electron chi connectivity index (χ0n) is 17.0. The molecule has 31 heavy (non-hydrogen) atoms. The lowest BCUT2D eigenvalue weighted by Gasteiger charge is -2.19. The summed E-state index contributed by atoms with van der Waals surface area (Å²) in [5.41, 5.74) is -1.57. The number of phenols is 1. The number of carboxylic acids is 1. The van der Waals surface area contributed by atoms with Gasteiger partial charge in [0.1, 0.15) is 16.5 Å². The quantitative estimate of drug-likeness (QED) is 0.221. The molecule has 0 radical (unpaired) electrons. The molecule has 0 unspecified atom stereocenters. The Morgan fingerprint density at radius 1 is 1.29 bits per heavy atom. The first-order valence-corrected chi connectivity index (χ1v) is 10.9. The van der Waals surface area contributed by atoms with Crippen LogP contribution in [-0.4, -0.2) is 53.8 Å². The van der Waals surface area contributed by atoms with Crippen LogP contribution in [0.4, 0.5) is 10.5 Å². The van der Waals surface area contributed by atoms with Crippen molar-refractivity contribution in [2.75, 3.05) is 6.54 Å². The summed E-state index contributed by atoms with van der Waals surface area (Å²) >= 11 is 5.77. The van der Waals surface area contributed by atoms with Gasteiger partial charge in [-0.15, -0.1) is 0 Å². The third kappa shape index (κ3) is 8.19. The molecule has 0 aliphatic carbocycles. The fraction of sp³-hybridized carbons (Fsp3) is 0.529. The molecule has 0 fully saturated rings. The Hall–Kier alpha value is -2.64. The molecule has 0 spiro atoms. The molecule has 0 saturated carbocycles. The average Bonchev–Trinajstić information content (AvgIpc) is 2.58. The number of amides is 1. The molecule has 0 aromatic heterocycles. The second kappa shape index (κ2) is 10.6. The van der Waals surface area contributed by atoms with E-state index in [-0.39, 0.29) is 19.4 Å². The molecule has 1 amide bonds. The highest BCUT2D eigenvalue weighted by molar-refractivity contribution is 7.89. The lowest BCUT2D eigenvalue weighted by molar-refractivity contribution is -0.386. The van der Waals surface area contributed by atoms with Crippen molar-refractivity contribution in [3.8, 4) is 5.75 Å². The van der Waals surface area contributed by atoms with E-state index in [1.54, 1.807) is 20.8 Å². The Morgan fingerprint density at radius 3 is 2.42 bits per heavy atom. The number of ether oxygens (including phenoxy) is 1. The van der Waals surface area contributed by atoms with Crippen LogP contribution >= 0.6 is 11.6 Å². The summed E-state index contributed by atoms with van der Waals surface area (Å²) in [5.74, 6) is -2.69. The minimum atomic E-state index is -4.71. The van der Waals surface area contributed by atoms with Crippen molar-refractivity contribution in [2.24, 2.45) is 0 Å². The number of aliphatic carboxylic acids is 1. The zero-order valence-corrected chi connectivity index (χ0v) is 18.6. The number of nitrogens with zero attached hydrogens (tertiary/aromatic N) is 1. The van der Waals surface area contributed by atoms with Crippen molar-refractivity contribution in [3.63, 3.8) is 0 Å². The number of nitrogens with one attached hydrogen (secondary N) is 2. The number of rotatable bonds is 10. The number of unbranched alkanes of at least 4 members (excludes halogenated alkanes) is 1. The summed E-state index contributed by atoms with van der Waals surface area (Å²) in [6.45, 7) is 5.26. The van der Waals surface area contributed by atoms with Crippen LogP contribution in [0.1, 0.15) is 40.0 Å². The molecule has 1 rings (SSSR count). The largest absolute Gasteiger partial charge is 0.501 e. The van der Waals surface area contributed by atoms with Gasteiger partial charge in [-0.3, -0.25) is 14.9 Å². The van der Waals surface area contributed by atoms with E-state index < -0.39 is 60.0 Å². The van der Waals surface area contributed by atoms with E-state index >= 15 is 0 Å². The lowest BCUT2D eigenvalue weighted by Crippen LogP contribution is -2.41. The number of nitro benzene ring substituents is 1. The molecule has 0 heterocycles. The molecule has 0 bridgehead atoms. The van der Waals surface area contributed by atoms with Crippen LogP contribution in [-0.2, 0) is 19.6 Å². The first kappa shape index (κ1) is 26.4. The number of nitro groups is 1. The normalized spacial score (nSPS) is 12.8. The maximum absolute atomic E-state index is 12.6. The number of carbonyl (C=O) groups is 2. The van der Waals surface area contributed by atoms with Gasteiger partial charge in [-0.1, -0.05) is 11.6 Å². The number of phenolic OH excluding ortho intramolecular Hbond substituents is 1. The number of alkyl carbamates (subject to hydrolysis) is 1. The number of carboxylic acid groups (broad SMARTS) is 1. The predicted octanol–water partition coefficient (Wildman–Crippen LogP) is 2.38. The number of benzene rings is 1. The van der Waals surface area contributed by atoms with Crippen molar-refractivity contribution >= 4 is 39.4 Å². The molecule has 174 valence electrons. The molecule has 4 N–H and O–H groups in total. The topological polar surface area (TPSA) is 185 Å². The van der Waals surface area contributed by atoms with Gasteiger partial charge in [-0.2, -0.15) is 4.72 Å². The second-order valence-electron chi connectivity index (χ2n) is 7.44. The summed E-state index contributed by atoms with van der Waals surface area (Å²) in [7, 11) is -4.71. The summed E-state index contributed by atoms with van der Waals surface area (Å²) in [6, 6.07) is 0.135. The molecule has 1 atom stereocenters. The summed E-state index contributed by atoms with van der Waals surface area (Å²) in [6.07, 6.45) is -0.256. The van der Waals surface area contributed by atoms with E-state index in [1.165, 1.54) is 0 Å². The summed E-state index contributed by atoms with van der Waals surface area (Å²) < 4.78 is 32.0. The van der Waals surface area contributed by atoms with Gasteiger partial charge in [-0.25, -0.2) is 13.2 Å². The van der Waals surface area contributed by atoms with Crippen LogP contribution in [0.15, 0.2) is 17.0 Å². The maximum Gasteiger partial charge on any atom is 0.407 e. The van der Waals surface area contributed by atoms with Crippen molar-refractivity contribution in [1.82, 2.24) is 10.0 Å². The number of hydrogen-bond donors (Lipinski definition) is 4. The van der Waals surface area contributed by atoms with Crippen LogP contribution < -0.4 is 10.0 Å². The van der Waals surface area contributed by atoms with Gasteiger partial charge in [0, 0.05) is 12.6 Å². The third-order valence-corrected chi connectivity index (χ3v) is 5.68. The minimum absolute atomic E-state index is 0.155. The summed E-state index contributed by atoms with van der Waals surface area (Å²) in [4.78, 5) is 31.9. The Bertz CT molecular complexity index is 945. The number of hydrogen-bond acceptors (Lipinski definition) is 8. The molecule has 0 aliphatic heterocycles. The lowest BCUT2D eigenvalue weighted by atomic mass is 10.1. The van der Waals surface area contributed by atoms with E-state index in [9.17, 15) is 38.3 Å². The van der Waals surface area contributed by atoms with E-state index in [0.717, 1.165) is 12.1 Å². The fourth-order valence-corrected chi connectivity index (χ4v) is 4.25. The highest BCUT2D eigenvalue weighted by Crippen LogP contribution is 2.38. The third-order valence-electron chi connectivity index (χ3n) is 3.71. The molecule has 0 aliphatic rings. The Labute approximate surface area is 183 Å². The first-order chi connectivity index (χ1) is 14.2. The van der Waals surface area contributed by atoms with E-state index in [4.69, 9.17) is 16.3 Å². The van der Waals surface area contributed by atoms with Crippen molar-refractivity contribution in [2.45, 2.75) is 56.6 Å². The van der Waals surface area contributed by atoms with Crippen LogP contribution in [0.2, 0.25) is 5.02 Å². The number of carbonyl (C=O) groups excluding carboxylic acids is 1. The first-order valence-electron chi connectivity index (χ1n) is 9.03. The maximum atomic E-state index is 12.6. The Balaban J connectivity index is 2.79. The standard InChI is InChI=1S/C17H24ClN3O9S/c1-17(2,3)30-16(25)19-9-5-4-6-11(15(23)24)20-31(28,29)14-10(18)7-8-12(13(14)22)21(26)27/h7-8,11,20,22H,4-6,9H2,1-3H3,(H,19,25)(H,23,24)/t11-/m0/s1. The average molecular weight is 482 g/mol. The van der Waals surface area contributed by atoms with E-state index in [0.29, 0.717) is 6.42 Å². The monoisotopic (exact) mass is 481 g/mol. The molecular formula is C17H24ClN3O9S. The number of halogens is 1. The molecule has 12 nitrogen and oxygen atoms in total. The zero-order chi connectivity index (χ0) is 24.0. The van der Waals surface area contributed by atoms with Gasteiger partial charge in [-0.05, 0) is 46.1 Å². The molecular weight excluding hydrogens is 458 g/mol. The van der Waals surface area contributed by atoms with Crippen molar-refractivity contribution in [3.05, 3.63) is 27.3 Å². The van der Waals surface area contributed by atoms with Gasteiger partial charge >= 0.3 is 17.7 Å². The second-order valence-corrected chi connectivity index (χ2v) is 9.50. The molecule has 1 aromatic rings. The van der Waals surface area contributed by atoms with E-state index in [1.807, 2.05) is 4.72 Å². The van der Waals surface area contributed by atoms with Crippen LogP contribution in [0, 0.1) is 10.1 Å². The van der Waals surface area contributed by atoms with Crippen molar-refractivity contribution in [1.29, 1.82) is 0 Å². The van der Waals surface area contributed by atoms with Crippen LogP contribution in [0.25, 0.3) is 0 Å². The van der Waals surface area contributed by atoms with Crippen LogP contribution in [0.3, 0.4) is 0 Å². The fourth-order valence-electron chi connectivity index (χ4n) is 2.40. The highest BCUT2D eigenvalue weighted by Gasteiger charge is 2.32. The van der Waals surface area contributed by atoms with Gasteiger partial charge in [0.2, 0.25) is 15.8 Å². The molecule has 0 saturated heterocycles. The predicted molar refractivity (Wildman–Crippen MR) is 110 cm³/mol. The van der Waals surface area contributed by atoms with Crippen molar-refractivity contribution < 1.29 is 37.9 Å². The number of aromatic hydroxyl groups is 1.